The molecule has 1 unspecified atom stereocenters. The third kappa shape index (κ3) is 4.16. The second-order valence-corrected chi connectivity index (χ2v) is 17.7. The van der Waals surface area contributed by atoms with Crippen LogP contribution in [0.1, 0.15) is 53.6 Å². The molecule has 0 radical (unpaired) electrons. The molecule has 0 aliphatic heterocycles. The number of fused-ring (bicyclic) bond motifs is 18. The van der Waals surface area contributed by atoms with Gasteiger partial charge in [-0.3, -0.25) is 0 Å². The zero-order valence-corrected chi connectivity index (χ0v) is 33.8. The monoisotopic (exact) mass is 780 g/mol. The maximum atomic E-state index is 6.66. The first-order valence-corrected chi connectivity index (χ1v) is 21.4. The lowest BCUT2D eigenvalue weighted by Crippen LogP contribution is -2.28. The van der Waals surface area contributed by atoms with Crippen molar-refractivity contribution in [3.8, 4) is 22.3 Å². The molecule has 0 amide bonds. The number of furan rings is 2. The zero-order chi connectivity index (χ0) is 40.2. The van der Waals surface area contributed by atoms with E-state index < -0.39 is 5.41 Å². The van der Waals surface area contributed by atoms with E-state index in [0.29, 0.717) is 0 Å². The number of hydrogen-bond acceptors (Lipinski definition) is 2. The average Bonchev–Trinajstić information content (AvgIpc) is 4.07. The summed E-state index contributed by atoms with van der Waals surface area (Å²) < 4.78 is 15.6. The molecule has 0 saturated carbocycles. The zero-order valence-electron chi connectivity index (χ0n) is 33.8. The molecule has 1 atom stereocenters. The molecule has 14 rings (SSSR count). The van der Waals surface area contributed by atoms with Crippen molar-refractivity contribution in [2.24, 2.45) is 0 Å². The highest BCUT2D eigenvalue weighted by atomic mass is 16.3. The minimum Gasteiger partial charge on any atom is -0.456 e. The summed E-state index contributed by atoms with van der Waals surface area (Å²) >= 11 is 0. The highest BCUT2D eigenvalue weighted by Crippen LogP contribution is 2.64. The summed E-state index contributed by atoms with van der Waals surface area (Å²) in [6.07, 6.45) is 5.60. The highest BCUT2D eigenvalue weighted by Gasteiger charge is 2.55. The van der Waals surface area contributed by atoms with E-state index in [9.17, 15) is 0 Å². The molecule has 2 heterocycles. The molecule has 61 heavy (non-hydrogen) atoms. The number of benzene rings is 8. The van der Waals surface area contributed by atoms with Gasteiger partial charge in [0.2, 0.25) is 11.4 Å². The van der Waals surface area contributed by atoms with Crippen LogP contribution in [-0.2, 0) is 10.8 Å². The van der Waals surface area contributed by atoms with E-state index in [1.54, 1.807) is 0 Å². The summed E-state index contributed by atoms with van der Waals surface area (Å²) in [5, 5.41) is 4.55. The van der Waals surface area contributed by atoms with Crippen molar-refractivity contribution in [2.45, 2.75) is 31.1 Å². The van der Waals surface area contributed by atoms with Gasteiger partial charge < -0.3 is 8.83 Å². The van der Waals surface area contributed by atoms with E-state index in [2.05, 4.69) is 194 Å². The predicted octanol–water partition coefficient (Wildman–Crippen LogP) is 14.8. The maximum Gasteiger partial charge on any atom is 0.212 e. The van der Waals surface area contributed by atoms with Gasteiger partial charge in [0.25, 0.3) is 0 Å². The van der Waals surface area contributed by atoms with Crippen LogP contribution in [0.4, 0.5) is 11.4 Å². The van der Waals surface area contributed by atoms with Gasteiger partial charge in [-0.15, -0.1) is 0 Å². The van der Waals surface area contributed by atoms with Crippen molar-refractivity contribution >= 4 is 66.5 Å². The SMILES string of the molecule is CC1(C)c2ccccc2-c2ccc([N+](=C3CC=CC4=C3c3ccccc3C43c4ccccc4-c4cc5c(cc43)oc3ccccc35)c3ccc4oc5ccccc5c4c3)cc21. The Bertz CT molecular complexity index is 3710. The Hall–Kier alpha value is -7.49. The van der Waals surface area contributed by atoms with Gasteiger partial charge in [0.1, 0.15) is 22.3 Å². The van der Waals surface area contributed by atoms with Crippen LogP contribution in [0, 0.1) is 0 Å². The minimum absolute atomic E-state index is 0.150. The molecule has 286 valence electrons. The van der Waals surface area contributed by atoms with Crippen LogP contribution in [0.3, 0.4) is 0 Å². The Morgan fingerprint density at radius 3 is 1.75 bits per heavy atom. The number of hydrogen-bond donors (Lipinski definition) is 0. The Morgan fingerprint density at radius 1 is 0.426 bits per heavy atom. The average molecular weight is 781 g/mol. The summed E-state index contributed by atoms with van der Waals surface area (Å²) in [5.41, 5.74) is 22.2. The van der Waals surface area contributed by atoms with Crippen LogP contribution in [0.15, 0.2) is 196 Å². The van der Waals surface area contributed by atoms with E-state index in [1.807, 2.05) is 6.07 Å². The van der Waals surface area contributed by atoms with Gasteiger partial charge >= 0.3 is 0 Å². The van der Waals surface area contributed by atoms with E-state index in [4.69, 9.17) is 8.83 Å². The Labute approximate surface area is 352 Å². The number of para-hydroxylation sites is 2. The van der Waals surface area contributed by atoms with Crippen LogP contribution in [0.5, 0.6) is 0 Å². The van der Waals surface area contributed by atoms with Crippen molar-refractivity contribution in [3.05, 3.63) is 221 Å². The second-order valence-electron chi connectivity index (χ2n) is 17.7. The van der Waals surface area contributed by atoms with Gasteiger partial charge in [0, 0.05) is 51.2 Å². The van der Waals surface area contributed by atoms with Gasteiger partial charge in [0.15, 0.2) is 5.71 Å². The molecule has 0 bridgehead atoms. The molecular formula is C58H38NO2+. The quantitative estimate of drug-likeness (QED) is 0.164. The molecule has 1 spiro atoms. The third-order valence-electron chi connectivity index (χ3n) is 14.4. The number of rotatable bonds is 2. The van der Waals surface area contributed by atoms with Gasteiger partial charge in [-0.1, -0.05) is 135 Å². The fraction of sp³-hybridized carbons (Fsp3) is 0.0862. The van der Waals surface area contributed by atoms with Crippen LogP contribution in [0.25, 0.3) is 71.7 Å². The molecule has 8 aromatic carbocycles. The van der Waals surface area contributed by atoms with Crippen LogP contribution >= 0.6 is 0 Å². The first-order chi connectivity index (χ1) is 30.0. The highest BCUT2D eigenvalue weighted by molar-refractivity contribution is 6.31. The molecule has 0 saturated heterocycles. The molecular weight excluding hydrogens is 743 g/mol. The lowest BCUT2D eigenvalue weighted by atomic mass is 9.69. The van der Waals surface area contributed by atoms with Gasteiger partial charge in [-0.2, -0.15) is 4.58 Å². The topological polar surface area (TPSA) is 29.3 Å². The van der Waals surface area contributed by atoms with Crippen LogP contribution < -0.4 is 4.58 Å². The molecule has 0 N–H and O–H groups in total. The lowest BCUT2D eigenvalue weighted by Gasteiger charge is -2.32. The van der Waals surface area contributed by atoms with Crippen molar-refractivity contribution in [2.75, 3.05) is 0 Å². The standard InChI is InChI=1S/C58H38NO2/c1-57(2)45-19-8-3-14-36(45)38-28-26-35(31-49(38)57)59(34-27-29-54-43(30-34)39-16-6-11-24-52(39)60-54)51-23-13-22-48-56(51)41-18-5-10-21-47(41)58(48)46-20-9-4-15-37(46)42-32-44-40-17-7-12-25-53(40)61-55(44)33-50(42)58/h3-22,24-33H,23H2,1-2H3/q+1. The molecule has 3 nitrogen and oxygen atoms in total. The molecule has 3 heteroatoms. The lowest BCUT2D eigenvalue weighted by molar-refractivity contribution is 0.660. The minimum atomic E-state index is -0.537. The normalized spacial score (nSPS) is 18.5. The van der Waals surface area contributed by atoms with Crippen LogP contribution in [0.2, 0.25) is 0 Å². The van der Waals surface area contributed by atoms with E-state index >= 15 is 0 Å². The summed E-state index contributed by atoms with van der Waals surface area (Å²) in [6.45, 7) is 4.75. The van der Waals surface area contributed by atoms with E-state index in [1.165, 1.54) is 72.5 Å². The third-order valence-corrected chi connectivity index (χ3v) is 14.4. The fourth-order valence-electron chi connectivity index (χ4n) is 11.8. The van der Waals surface area contributed by atoms with Gasteiger partial charge in [-0.25, -0.2) is 0 Å². The first-order valence-electron chi connectivity index (χ1n) is 21.4. The smallest absolute Gasteiger partial charge is 0.212 e. The maximum absolute atomic E-state index is 6.66. The van der Waals surface area contributed by atoms with Crippen LogP contribution in [-0.4, -0.2) is 5.71 Å². The summed E-state index contributed by atoms with van der Waals surface area (Å²) in [4.78, 5) is 0. The van der Waals surface area contributed by atoms with Crippen molar-refractivity contribution < 1.29 is 8.83 Å². The Balaban J connectivity index is 1.10. The number of allylic oxidation sites excluding steroid dienone is 4. The van der Waals surface area contributed by atoms with Crippen molar-refractivity contribution in [1.29, 1.82) is 0 Å². The summed E-state index contributed by atoms with van der Waals surface area (Å²) in [6, 6.07) is 62.6. The van der Waals surface area contributed by atoms with Gasteiger partial charge in [0.05, 0.1) is 17.4 Å². The van der Waals surface area contributed by atoms with Gasteiger partial charge in [-0.05, 0) is 97.6 Å². The Morgan fingerprint density at radius 2 is 0.984 bits per heavy atom. The molecule has 4 aliphatic carbocycles. The summed E-state index contributed by atoms with van der Waals surface area (Å²) in [5.74, 6) is 0. The molecule has 4 aliphatic rings. The molecule has 10 aromatic rings. The van der Waals surface area contributed by atoms with Crippen molar-refractivity contribution in [1.82, 2.24) is 4.58 Å². The van der Waals surface area contributed by atoms with Crippen molar-refractivity contribution in [3.63, 3.8) is 0 Å². The largest absolute Gasteiger partial charge is 0.456 e. The molecule has 2 aromatic heterocycles. The van der Waals surface area contributed by atoms with E-state index in [-0.39, 0.29) is 5.41 Å². The fourth-order valence-corrected chi connectivity index (χ4v) is 11.8. The summed E-state index contributed by atoms with van der Waals surface area (Å²) in [7, 11) is 0. The Kier molecular flexibility index (Phi) is 6.35. The predicted molar refractivity (Wildman–Crippen MR) is 250 cm³/mol. The second kappa shape index (κ2) is 11.6. The molecule has 0 fully saturated rings. The first kappa shape index (κ1) is 33.4. The van der Waals surface area contributed by atoms with E-state index in [0.717, 1.165) is 61.7 Å². The number of nitrogens with zero attached hydrogens (tertiary/aromatic N) is 1.